The summed E-state index contributed by atoms with van der Waals surface area (Å²) in [6, 6.07) is 46.0. The Hall–Kier alpha value is -5.64. The summed E-state index contributed by atoms with van der Waals surface area (Å²) in [5.41, 5.74) is 18.7. The van der Waals surface area contributed by atoms with E-state index < -0.39 is 0 Å². The lowest BCUT2D eigenvalue weighted by atomic mass is 9.85. The summed E-state index contributed by atoms with van der Waals surface area (Å²) >= 11 is 4.40. The third-order valence-corrected chi connectivity index (χ3v) is 13.4. The first-order chi connectivity index (χ1) is 28.5. The number of benzene rings is 6. The van der Waals surface area contributed by atoms with Gasteiger partial charge in [0.05, 0.1) is 38.1 Å². The second-order valence-electron chi connectivity index (χ2n) is 18.6. The molecule has 2 aromatic heterocycles. The molecular formula is C56H51BrN2. The number of rotatable bonds is 5. The first-order valence-electron chi connectivity index (χ1n) is 21.2. The highest BCUT2D eigenvalue weighted by molar-refractivity contribution is 9.10. The van der Waals surface area contributed by atoms with E-state index >= 15 is 0 Å². The normalized spacial score (nSPS) is 14.4. The zero-order valence-corrected chi connectivity index (χ0v) is 36.6. The van der Waals surface area contributed by atoms with Crippen molar-refractivity contribution in [3.63, 3.8) is 0 Å². The molecule has 0 bridgehead atoms. The molecule has 2 heterocycles. The number of aromatic nitrogens is 2. The summed E-state index contributed by atoms with van der Waals surface area (Å²) in [4.78, 5) is 0. The number of fused-ring (bicyclic) bond motifs is 5. The Balaban J connectivity index is 1.36. The van der Waals surface area contributed by atoms with Crippen LogP contribution in [0.3, 0.4) is 0 Å². The van der Waals surface area contributed by atoms with Crippen LogP contribution in [0, 0.1) is 0 Å². The van der Waals surface area contributed by atoms with Gasteiger partial charge in [-0.1, -0.05) is 145 Å². The first-order valence-corrected chi connectivity index (χ1v) is 22.0. The Morgan fingerprint density at radius 3 is 1.69 bits per heavy atom. The van der Waals surface area contributed by atoms with Crippen molar-refractivity contribution in [3.8, 4) is 33.6 Å². The van der Waals surface area contributed by atoms with Crippen LogP contribution < -0.4 is 0 Å². The Morgan fingerprint density at radius 2 is 1.10 bits per heavy atom. The molecule has 6 aromatic carbocycles. The second kappa shape index (κ2) is 14.3. The van der Waals surface area contributed by atoms with E-state index in [0.717, 1.165) is 41.5 Å². The molecule has 0 amide bonds. The molecular weight excluding hydrogens is 781 g/mol. The van der Waals surface area contributed by atoms with E-state index in [-0.39, 0.29) is 10.8 Å². The topological polar surface area (TPSA) is 9.86 Å². The van der Waals surface area contributed by atoms with Gasteiger partial charge in [0.2, 0.25) is 0 Å². The maximum Gasteiger partial charge on any atom is 0.0657 e. The average Bonchev–Trinajstić information content (AvgIpc) is 3.75. The molecule has 0 fully saturated rings. The lowest BCUT2D eigenvalue weighted by molar-refractivity contribution is 0.590. The van der Waals surface area contributed by atoms with Crippen LogP contribution in [0.2, 0.25) is 0 Å². The van der Waals surface area contributed by atoms with Gasteiger partial charge >= 0.3 is 0 Å². The molecule has 0 radical (unpaired) electrons. The van der Waals surface area contributed by atoms with Gasteiger partial charge in [-0.25, -0.2) is 0 Å². The van der Waals surface area contributed by atoms with Crippen LogP contribution in [0.15, 0.2) is 150 Å². The minimum atomic E-state index is 0.0187. The van der Waals surface area contributed by atoms with Gasteiger partial charge in [-0.2, -0.15) is 0 Å². The maximum atomic E-state index is 4.40. The monoisotopic (exact) mass is 830 g/mol. The van der Waals surface area contributed by atoms with Crippen LogP contribution in [0.4, 0.5) is 0 Å². The van der Waals surface area contributed by atoms with E-state index in [1.807, 2.05) is 0 Å². The van der Waals surface area contributed by atoms with Crippen LogP contribution in [0.5, 0.6) is 0 Å². The zero-order chi connectivity index (χ0) is 40.6. The molecule has 0 saturated carbocycles. The summed E-state index contributed by atoms with van der Waals surface area (Å²) in [6.45, 7) is 13.9. The molecule has 10 rings (SSSR count). The van der Waals surface area contributed by atoms with E-state index in [9.17, 15) is 0 Å². The van der Waals surface area contributed by atoms with Gasteiger partial charge in [-0.15, -0.1) is 0 Å². The molecule has 59 heavy (non-hydrogen) atoms. The molecule has 2 aliphatic carbocycles. The average molecular weight is 832 g/mol. The molecule has 0 spiro atoms. The van der Waals surface area contributed by atoms with Crippen LogP contribution in [-0.4, -0.2) is 9.13 Å². The fraction of sp³-hybridized carbons (Fsp3) is 0.214. The molecule has 0 aliphatic heterocycles. The van der Waals surface area contributed by atoms with Gasteiger partial charge in [0.1, 0.15) is 0 Å². The van der Waals surface area contributed by atoms with Crippen molar-refractivity contribution in [1.82, 2.24) is 9.13 Å². The van der Waals surface area contributed by atoms with Crippen molar-refractivity contribution in [2.75, 3.05) is 0 Å². The van der Waals surface area contributed by atoms with Gasteiger partial charge in [0, 0.05) is 21.7 Å². The predicted molar refractivity (Wildman–Crippen MR) is 257 cm³/mol. The molecule has 2 aliphatic rings. The molecule has 0 saturated heterocycles. The summed E-state index contributed by atoms with van der Waals surface area (Å²) in [5, 5.41) is 3.84. The third kappa shape index (κ3) is 6.46. The van der Waals surface area contributed by atoms with Gasteiger partial charge in [-0.3, -0.25) is 0 Å². The van der Waals surface area contributed by atoms with E-state index in [0.29, 0.717) is 0 Å². The van der Waals surface area contributed by atoms with Crippen LogP contribution in [0.1, 0.15) is 88.8 Å². The van der Waals surface area contributed by atoms with Crippen molar-refractivity contribution in [2.24, 2.45) is 0 Å². The number of hydrogen-bond acceptors (Lipinski definition) is 0. The van der Waals surface area contributed by atoms with Gasteiger partial charge < -0.3 is 9.13 Å². The first kappa shape index (κ1) is 37.6. The Bertz CT molecular complexity index is 2970. The number of hydrogen-bond donors (Lipinski definition) is 0. The lowest BCUT2D eigenvalue weighted by Gasteiger charge is -2.22. The third-order valence-electron chi connectivity index (χ3n) is 12.6. The molecule has 0 atom stereocenters. The summed E-state index contributed by atoms with van der Waals surface area (Å²) < 4.78 is 6.16. The van der Waals surface area contributed by atoms with E-state index in [1.54, 1.807) is 0 Å². The fourth-order valence-electron chi connectivity index (χ4n) is 9.36. The van der Waals surface area contributed by atoms with E-state index in [2.05, 4.69) is 218 Å². The predicted octanol–water partition coefficient (Wildman–Crippen LogP) is 16.1. The zero-order valence-electron chi connectivity index (χ0n) is 35.0. The van der Waals surface area contributed by atoms with Gasteiger partial charge in [0.25, 0.3) is 0 Å². The molecule has 292 valence electrons. The van der Waals surface area contributed by atoms with Crippen LogP contribution >= 0.6 is 15.9 Å². The van der Waals surface area contributed by atoms with Crippen molar-refractivity contribution in [3.05, 3.63) is 178 Å². The maximum absolute atomic E-state index is 4.40. The quantitative estimate of drug-likeness (QED) is 0.164. The highest BCUT2D eigenvalue weighted by atomic mass is 79.9. The Kier molecular flexibility index (Phi) is 9.10. The fourth-order valence-corrected chi connectivity index (χ4v) is 9.94. The van der Waals surface area contributed by atoms with Gasteiger partial charge in [-0.05, 0) is 145 Å². The molecule has 0 unspecified atom stereocenters. The van der Waals surface area contributed by atoms with Crippen molar-refractivity contribution >= 4 is 60.3 Å². The number of nitrogens with zero attached hydrogens (tertiary/aromatic N) is 2. The molecule has 3 heteroatoms. The smallest absolute Gasteiger partial charge is 0.0657 e. The summed E-state index contributed by atoms with van der Waals surface area (Å²) in [5.74, 6) is 0. The lowest BCUT2D eigenvalue weighted by Crippen LogP contribution is -2.10. The number of allylic oxidation sites excluding steroid dienone is 5. The number of halogens is 1. The number of aryl methyl sites for hydroxylation is 1. The van der Waals surface area contributed by atoms with Crippen LogP contribution in [0.25, 0.3) is 78.0 Å². The molecule has 8 aromatic rings. The van der Waals surface area contributed by atoms with Gasteiger partial charge in [0.15, 0.2) is 0 Å². The van der Waals surface area contributed by atoms with Crippen molar-refractivity contribution in [2.45, 2.75) is 78.1 Å². The van der Waals surface area contributed by atoms with Crippen molar-refractivity contribution < 1.29 is 0 Å². The molecule has 0 N–H and O–H groups in total. The SMILES string of the molecule is CC(C)(C)c1ccc2c(c1)c1cc(C(C)(C)C)ccc1n2-c1cc(-c2ccccc2)cc(-n2c(C3=CCCC=C3)c(-c3ccccc3)c3cc4c(cc32)CCC=C4)c1Br. The molecule has 2 nitrogen and oxygen atoms in total. The van der Waals surface area contributed by atoms with Crippen molar-refractivity contribution in [1.29, 1.82) is 0 Å². The Morgan fingerprint density at radius 1 is 0.508 bits per heavy atom. The minimum Gasteiger partial charge on any atom is -0.308 e. The van der Waals surface area contributed by atoms with E-state index in [1.165, 1.54) is 88.5 Å². The Labute approximate surface area is 357 Å². The van der Waals surface area contributed by atoms with E-state index in [4.69, 9.17) is 0 Å². The largest absolute Gasteiger partial charge is 0.308 e. The summed E-state index contributed by atoms with van der Waals surface area (Å²) in [7, 11) is 0. The highest BCUT2D eigenvalue weighted by Crippen LogP contribution is 2.47. The second-order valence-corrected chi connectivity index (χ2v) is 19.4. The standard InChI is InChI=1S/C56H51BrN2/c1-55(2,3)42-26-28-47-44(34-42)45-35-43(56(4,5)6)27-29-48(45)58(47)50-32-41(36-18-10-7-11-19-36)33-51(53(50)57)59-49-31-40-25-17-16-24-39(40)30-46(49)52(37-20-12-8-13-21-37)54(59)38-22-14-9-15-23-38/h7-8,10-14,16,18-24,26-35H,9,15,17,25H2,1-6H3. The summed E-state index contributed by atoms with van der Waals surface area (Å²) in [6.07, 6.45) is 16.0. The highest BCUT2D eigenvalue weighted by Gasteiger charge is 2.28. The van der Waals surface area contributed by atoms with Crippen LogP contribution in [-0.2, 0) is 17.3 Å². The minimum absolute atomic E-state index is 0.0187.